The van der Waals surface area contributed by atoms with Crippen molar-refractivity contribution in [2.24, 2.45) is 0 Å². The number of hydrogen-bond donors (Lipinski definition) is 1. The molecule has 1 unspecified atom stereocenters. The molecule has 0 aliphatic carbocycles. The highest BCUT2D eigenvalue weighted by atomic mass is 35.5. The lowest BCUT2D eigenvalue weighted by Gasteiger charge is -2.34. The van der Waals surface area contributed by atoms with Crippen molar-refractivity contribution in [1.82, 2.24) is 4.90 Å². The lowest BCUT2D eigenvalue weighted by molar-refractivity contribution is -0.137. The number of likely N-dealkylation sites (tertiary alicyclic amines) is 1. The first-order chi connectivity index (χ1) is 14.2. The summed E-state index contributed by atoms with van der Waals surface area (Å²) in [5.41, 5.74) is 3.76. The molecule has 0 amide bonds. The number of nitrogens with zero attached hydrogens (tertiary/aromatic N) is 1. The van der Waals surface area contributed by atoms with Gasteiger partial charge in [-0.2, -0.15) is 0 Å². The summed E-state index contributed by atoms with van der Waals surface area (Å²) in [6.45, 7) is 4.65. The van der Waals surface area contributed by atoms with E-state index in [0.29, 0.717) is 6.54 Å². The van der Waals surface area contributed by atoms with Crippen molar-refractivity contribution in [1.29, 1.82) is 0 Å². The van der Waals surface area contributed by atoms with Crippen LogP contribution in [0.4, 0.5) is 0 Å². The smallest absolute Gasteiger partial charge is 0.304 e. The van der Waals surface area contributed by atoms with Crippen molar-refractivity contribution >= 4 is 18.4 Å². The molecule has 2 aromatic rings. The number of rotatable bonds is 10. The maximum absolute atomic E-state index is 10.8. The van der Waals surface area contributed by atoms with E-state index in [4.69, 9.17) is 9.84 Å². The van der Waals surface area contributed by atoms with Gasteiger partial charge in [-0.1, -0.05) is 67.9 Å². The van der Waals surface area contributed by atoms with Crippen LogP contribution in [0.25, 0.3) is 0 Å². The molecule has 0 aromatic heterocycles. The van der Waals surface area contributed by atoms with Gasteiger partial charge in [0, 0.05) is 19.6 Å². The second kappa shape index (κ2) is 12.7. The van der Waals surface area contributed by atoms with E-state index in [1.807, 2.05) is 6.07 Å². The fourth-order valence-electron chi connectivity index (χ4n) is 3.93. The lowest BCUT2D eigenvalue weighted by Crippen LogP contribution is -2.38. The van der Waals surface area contributed by atoms with E-state index in [1.54, 1.807) is 0 Å². The third kappa shape index (κ3) is 7.42. The molecular formula is C25H34ClNO3. The molecule has 0 radical (unpaired) electrons. The van der Waals surface area contributed by atoms with Gasteiger partial charge >= 0.3 is 5.97 Å². The second-order valence-electron chi connectivity index (χ2n) is 7.96. The number of carboxylic acid groups (broad SMARTS) is 1. The zero-order valence-electron chi connectivity index (χ0n) is 17.8. The van der Waals surface area contributed by atoms with Gasteiger partial charge in [-0.25, -0.2) is 0 Å². The number of aliphatic carboxylic acids is 1. The number of aryl methyl sites for hydroxylation is 1. The van der Waals surface area contributed by atoms with Crippen molar-refractivity contribution in [3.05, 3.63) is 71.3 Å². The summed E-state index contributed by atoms with van der Waals surface area (Å²) >= 11 is 0. The Morgan fingerprint density at radius 2 is 1.70 bits per heavy atom. The van der Waals surface area contributed by atoms with Crippen LogP contribution in [-0.4, -0.2) is 41.7 Å². The molecule has 4 nitrogen and oxygen atoms in total. The Morgan fingerprint density at radius 1 is 1.07 bits per heavy atom. The molecule has 2 aromatic carbocycles. The Morgan fingerprint density at radius 3 is 2.30 bits per heavy atom. The average Bonchev–Trinajstić information content (AvgIpc) is 2.76. The first-order valence-electron chi connectivity index (χ1n) is 10.9. The highest BCUT2D eigenvalue weighted by Gasteiger charge is 2.25. The summed E-state index contributed by atoms with van der Waals surface area (Å²) in [5.74, 6) is -0.727. The highest BCUT2D eigenvalue weighted by molar-refractivity contribution is 5.85. The number of halogens is 1. The fourth-order valence-corrected chi connectivity index (χ4v) is 3.93. The number of hydrogen-bond acceptors (Lipinski definition) is 3. The molecule has 1 atom stereocenters. The summed E-state index contributed by atoms with van der Waals surface area (Å²) < 4.78 is 6.62. The van der Waals surface area contributed by atoms with Crippen molar-refractivity contribution in [2.75, 3.05) is 19.6 Å². The lowest BCUT2D eigenvalue weighted by atomic mass is 9.98. The van der Waals surface area contributed by atoms with Crippen LogP contribution in [0, 0.1) is 0 Å². The molecule has 0 bridgehead atoms. The molecule has 30 heavy (non-hydrogen) atoms. The number of unbranched alkanes of at least 4 members (excludes halogenated alkanes) is 1. The Labute approximate surface area is 186 Å². The third-order valence-corrected chi connectivity index (χ3v) is 5.71. The van der Waals surface area contributed by atoms with Gasteiger partial charge < -0.3 is 14.7 Å². The first kappa shape index (κ1) is 24.4. The largest absolute Gasteiger partial charge is 0.481 e. The van der Waals surface area contributed by atoms with E-state index in [1.165, 1.54) is 29.5 Å². The van der Waals surface area contributed by atoms with Crippen LogP contribution < -0.4 is 0 Å². The zero-order chi connectivity index (χ0) is 20.5. The molecule has 1 fully saturated rings. The predicted octanol–water partition coefficient (Wildman–Crippen LogP) is 5.50. The van der Waals surface area contributed by atoms with Crippen LogP contribution in [-0.2, 0) is 16.0 Å². The number of piperidine rings is 1. The molecule has 5 heteroatoms. The number of benzene rings is 2. The Balaban J connectivity index is 0.00000320. The molecule has 164 valence electrons. The SMILES string of the molecule is CCCCc1ccc(C(OC2CCN(CCC(=O)O)CC2)c2ccccc2)cc1.Cl. The predicted molar refractivity (Wildman–Crippen MR) is 123 cm³/mol. The van der Waals surface area contributed by atoms with Crippen molar-refractivity contribution in [2.45, 2.75) is 57.7 Å². The summed E-state index contributed by atoms with van der Waals surface area (Å²) in [5, 5.41) is 8.88. The summed E-state index contributed by atoms with van der Waals surface area (Å²) in [4.78, 5) is 13.0. The molecule has 1 aliphatic heterocycles. The summed E-state index contributed by atoms with van der Waals surface area (Å²) in [6.07, 6.45) is 5.79. The Kier molecular flexibility index (Phi) is 10.4. The molecule has 1 N–H and O–H groups in total. The molecule has 1 saturated heterocycles. The van der Waals surface area contributed by atoms with Crippen molar-refractivity contribution < 1.29 is 14.6 Å². The van der Waals surface area contributed by atoms with Crippen LogP contribution in [0.2, 0.25) is 0 Å². The fraction of sp³-hybridized carbons (Fsp3) is 0.480. The van der Waals surface area contributed by atoms with Gasteiger partial charge in [0.15, 0.2) is 0 Å². The van der Waals surface area contributed by atoms with Gasteiger partial charge in [-0.3, -0.25) is 4.79 Å². The minimum Gasteiger partial charge on any atom is -0.481 e. The number of carboxylic acids is 1. The van der Waals surface area contributed by atoms with Crippen LogP contribution >= 0.6 is 12.4 Å². The van der Waals surface area contributed by atoms with Crippen molar-refractivity contribution in [3.63, 3.8) is 0 Å². The standard InChI is InChI=1S/C25H33NO3.ClH/c1-2-3-7-20-10-12-22(13-11-20)25(21-8-5-4-6-9-21)29-23-14-17-26(18-15-23)19-16-24(27)28;/h4-6,8-13,23,25H,2-3,7,14-19H2,1H3,(H,27,28);1H. The van der Waals surface area contributed by atoms with Gasteiger partial charge in [0.25, 0.3) is 0 Å². The van der Waals surface area contributed by atoms with E-state index in [2.05, 4.69) is 60.4 Å². The molecule has 0 saturated carbocycles. The van der Waals surface area contributed by atoms with Crippen LogP contribution in [0.1, 0.15) is 61.8 Å². The summed E-state index contributed by atoms with van der Waals surface area (Å²) in [7, 11) is 0. The van der Waals surface area contributed by atoms with E-state index in [-0.39, 0.29) is 31.0 Å². The zero-order valence-corrected chi connectivity index (χ0v) is 18.7. The normalized spacial score (nSPS) is 16.0. The maximum Gasteiger partial charge on any atom is 0.304 e. The van der Waals surface area contributed by atoms with Gasteiger partial charge in [-0.05, 0) is 42.4 Å². The van der Waals surface area contributed by atoms with E-state index < -0.39 is 5.97 Å². The van der Waals surface area contributed by atoms with Crippen LogP contribution in [0.5, 0.6) is 0 Å². The minimum absolute atomic E-state index is 0. The van der Waals surface area contributed by atoms with Gasteiger partial charge in [0.2, 0.25) is 0 Å². The summed E-state index contributed by atoms with van der Waals surface area (Å²) in [6, 6.07) is 19.3. The number of carbonyl (C=O) groups is 1. The molecule has 1 aliphatic rings. The average molecular weight is 432 g/mol. The van der Waals surface area contributed by atoms with Gasteiger partial charge in [0.05, 0.1) is 12.5 Å². The van der Waals surface area contributed by atoms with Gasteiger partial charge in [-0.15, -0.1) is 12.4 Å². The highest BCUT2D eigenvalue weighted by Crippen LogP contribution is 2.30. The minimum atomic E-state index is -0.727. The Hall–Kier alpha value is -1.88. The monoisotopic (exact) mass is 431 g/mol. The number of ether oxygens (including phenoxy) is 1. The first-order valence-corrected chi connectivity index (χ1v) is 10.9. The topological polar surface area (TPSA) is 49.8 Å². The Bertz CT molecular complexity index is 743. The van der Waals surface area contributed by atoms with E-state index in [0.717, 1.165) is 32.4 Å². The van der Waals surface area contributed by atoms with Crippen LogP contribution in [0.15, 0.2) is 54.6 Å². The molecule has 0 spiro atoms. The van der Waals surface area contributed by atoms with E-state index >= 15 is 0 Å². The quantitative estimate of drug-likeness (QED) is 0.539. The van der Waals surface area contributed by atoms with Crippen LogP contribution in [0.3, 0.4) is 0 Å². The molecular weight excluding hydrogens is 398 g/mol. The van der Waals surface area contributed by atoms with Gasteiger partial charge in [0.1, 0.15) is 6.10 Å². The van der Waals surface area contributed by atoms with E-state index in [9.17, 15) is 4.79 Å². The third-order valence-electron chi connectivity index (χ3n) is 5.71. The molecule has 1 heterocycles. The van der Waals surface area contributed by atoms with Crippen molar-refractivity contribution in [3.8, 4) is 0 Å². The maximum atomic E-state index is 10.8. The molecule has 3 rings (SSSR count). The second-order valence-corrected chi connectivity index (χ2v) is 7.96.